The third-order valence-electron chi connectivity index (χ3n) is 3.48. The highest BCUT2D eigenvalue weighted by atomic mass is 16.2. The molecule has 1 saturated heterocycles. The van der Waals surface area contributed by atoms with Crippen molar-refractivity contribution >= 4 is 5.91 Å². The lowest BCUT2D eigenvalue weighted by molar-refractivity contribution is -0.133. The summed E-state index contributed by atoms with van der Waals surface area (Å²) in [5.74, 6) is 0.187. The fourth-order valence-electron chi connectivity index (χ4n) is 2.20. The maximum Gasteiger partial charge on any atom is 0.239 e. The summed E-state index contributed by atoms with van der Waals surface area (Å²) in [7, 11) is 1.87. The van der Waals surface area contributed by atoms with Crippen LogP contribution < -0.4 is 5.32 Å². The lowest BCUT2D eigenvalue weighted by atomic mass is 10.1. The minimum atomic E-state index is 0.00397. The van der Waals surface area contributed by atoms with Crippen LogP contribution in [0.3, 0.4) is 0 Å². The number of amides is 1. The van der Waals surface area contributed by atoms with Crippen molar-refractivity contribution in [1.29, 1.82) is 0 Å². The van der Waals surface area contributed by atoms with Crippen LogP contribution in [0.2, 0.25) is 0 Å². The van der Waals surface area contributed by atoms with E-state index in [2.05, 4.69) is 10.3 Å². The van der Waals surface area contributed by atoms with Crippen molar-refractivity contribution in [2.75, 3.05) is 13.6 Å². The Bertz CT molecular complexity index is 374. The predicted molar refractivity (Wildman–Crippen MR) is 66.4 cm³/mol. The van der Waals surface area contributed by atoms with Gasteiger partial charge in [0.25, 0.3) is 0 Å². The number of rotatable bonds is 3. The van der Waals surface area contributed by atoms with Crippen molar-refractivity contribution in [2.24, 2.45) is 0 Å². The molecule has 2 heterocycles. The average Bonchev–Trinajstić information content (AvgIpc) is 2.91. The third kappa shape index (κ3) is 2.64. The molecule has 1 unspecified atom stereocenters. The Morgan fingerprint density at radius 3 is 2.82 bits per heavy atom. The van der Waals surface area contributed by atoms with Crippen LogP contribution in [0.4, 0.5) is 0 Å². The van der Waals surface area contributed by atoms with Crippen molar-refractivity contribution in [1.82, 2.24) is 15.2 Å². The molecule has 92 valence electrons. The van der Waals surface area contributed by atoms with Crippen LogP contribution in [0.5, 0.6) is 0 Å². The summed E-state index contributed by atoms with van der Waals surface area (Å²) in [5.41, 5.74) is 1.12. The van der Waals surface area contributed by atoms with Gasteiger partial charge in [-0.1, -0.05) is 0 Å². The zero-order chi connectivity index (χ0) is 12.3. The Hall–Kier alpha value is -1.42. The number of hydrogen-bond acceptors (Lipinski definition) is 3. The van der Waals surface area contributed by atoms with Gasteiger partial charge in [0.1, 0.15) is 0 Å². The molecule has 0 bridgehead atoms. The molecule has 0 radical (unpaired) electrons. The topological polar surface area (TPSA) is 45.2 Å². The summed E-state index contributed by atoms with van der Waals surface area (Å²) in [6.07, 6.45) is 5.57. The van der Waals surface area contributed by atoms with Gasteiger partial charge < -0.3 is 10.2 Å². The number of pyridine rings is 1. The van der Waals surface area contributed by atoms with E-state index in [-0.39, 0.29) is 18.0 Å². The Kier molecular flexibility index (Phi) is 3.74. The van der Waals surface area contributed by atoms with Crippen LogP contribution in [0.25, 0.3) is 0 Å². The van der Waals surface area contributed by atoms with Crippen molar-refractivity contribution in [3.8, 4) is 0 Å². The van der Waals surface area contributed by atoms with Crippen LogP contribution in [0, 0.1) is 0 Å². The van der Waals surface area contributed by atoms with Crippen molar-refractivity contribution in [3.63, 3.8) is 0 Å². The number of aromatic nitrogens is 1. The van der Waals surface area contributed by atoms with Crippen LogP contribution in [0.1, 0.15) is 31.4 Å². The first-order chi connectivity index (χ1) is 8.20. The van der Waals surface area contributed by atoms with Crippen LogP contribution in [-0.4, -0.2) is 35.4 Å². The fraction of sp³-hybridized carbons (Fsp3) is 0.538. The average molecular weight is 233 g/mol. The number of carbonyl (C=O) groups excluding carboxylic acids is 1. The molecule has 0 saturated carbocycles. The molecule has 1 amide bonds. The van der Waals surface area contributed by atoms with Crippen LogP contribution >= 0.6 is 0 Å². The number of carbonyl (C=O) groups is 1. The Balaban J connectivity index is 2.04. The van der Waals surface area contributed by atoms with Gasteiger partial charge >= 0.3 is 0 Å². The Morgan fingerprint density at radius 1 is 1.53 bits per heavy atom. The molecular formula is C13H19N3O. The van der Waals surface area contributed by atoms with Crippen LogP contribution in [-0.2, 0) is 4.79 Å². The van der Waals surface area contributed by atoms with Gasteiger partial charge in [0.15, 0.2) is 0 Å². The molecule has 2 rings (SSSR count). The maximum absolute atomic E-state index is 12.2. The van der Waals surface area contributed by atoms with Crippen LogP contribution in [0.15, 0.2) is 24.5 Å². The lowest BCUT2D eigenvalue weighted by Crippen LogP contribution is -2.42. The van der Waals surface area contributed by atoms with E-state index in [0.29, 0.717) is 0 Å². The summed E-state index contributed by atoms with van der Waals surface area (Å²) in [6, 6.07) is 4.00. The third-order valence-corrected chi connectivity index (χ3v) is 3.48. The molecule has 1 fully saturated rings. The molecule has 2 atom stereocenters. The SMILES string of the molecule is CC(c1ccncc1)N(C)C(=O)[C@H]1CCCN1. The summed E-state index contributed by atoms with van der Waals surface area (Å²) < 4.78 is 0. The minimum absolute atomic E-state index is 0.00397. The number of hydrogen-bond donors (Lipinski definition) is 1. The van der Waals surface area contributed by atoms with Gasteiger partial charge in [0, 0.05) is 19.4 Å². The second-order valence-corrected chi connectivity index (χ2v) is 4.55. The highest BCUT2D eigenvalue weighted by Gasteiger charge is 2.27. The lowest BCUT2D eigenvalue weighted by Gasteiger charge is -2.27. The van der Waals surface area contributed by atoms with E-state index in [1.54, 1.807) is 12.4 Å². The van der Waals surface area contributed by atoms with Crippen molar-refractivity contribution in [2.45, 2.75) is 31.8 Å². The summed E-state index contributed by atoms with van der Waals surface area (Å²) in [6.45, 7) is 3.00. The highest BCUT2D eigenvalue weighted by Crippen LogP contribution is 2.20. The number of nitrogens with one attached hydrogen (secondary N) is 1. The fourth-order valence-corrected chi connectivity index (χ4v) is 2.20. The number of nitrogens with zero attached hydrogens (tertiary/aromatic N) is 2. The first-order valence-corrected chi connectivity index (χ1v) is 6.10. The standard InChI is InChI=1S/C13H19N3O/c1-10(11-5-8-14-9-6-11)16(2)13(17)12-4-3-7-15-12/h5-6,8-10,12,15H,3-4,7H2,1-2H3/t10?,12-/m1/s1. The van der Waals surface area contributed by atoms with Gasteiger partial charge in [-0.2, -0.15) is 0 Å². The molecule has 4 nitrogen and oxygen atoms in total. The van der Waals surface area contributed by atoms with E-state index in [4.69, 9.17) is 0 Å². The molecule has 17 heavy (non-hydrogen) atoms. The van der Waals surface area contributed by atoms with Gasteiger partial charge in [-0.05, 0) is 44.0 Å². The van der Waals surface area contributed by atoms with Crippen molar-refractivity contribution in [3.05, 3.63) is 30.1 Å². The van der Waals surface area contributed by atoms with E-state index in [9.17, 15) is 4.79 Å². The monoisotopic (exact) mass is 233 g/mol. The largest absolute Gasteiger partial charge is 0.338 e. The molecule has 0 spiro atoms. The second-order valence-electron chi connectivity index (χ2n) is 4.55. The summed E-state index contributed by atoms with van der Waals surface area (Å²) in [4.78, 5) is 18.0. The van der Waals surface area contributed by atoms with Gasteiger partial charge in [0.05, 0.1) is 12.1 Å². The van der Waals surface area contributed by atoms with E-state index < -0.39 is 0 Å². The summed E-state index contributed by atoms with van der Waals surface area (Å²) >= 11 is 0. The molecule has 0 aliphatic carbocycles. The Morgan fingerprint density at radius 2 is 2.24 bits per heavy atom. The summed E-state index contributed by atoms with van der Waals surface area (Å²) in [5, 5.41) is 3.24. The normalized spacial score (nSPS) is 21.2. The smallest absolute Gasteiger partial charge is 0.239 e. The predicted octanol–water partition coefficient (Wildman–Crippen LogP) is 1.35. The molecule has 1 aromatic rings. The van der Waals surface area contributed by atoms with Gasteiger partial charge in [-0.25, -0.2) is 0 Å². The van der Waals surface area contributed by atoms with Gasteiger partial charge in [-0.15, -0.1) is 0 Å². The zero-order valence-corrected chi connectivity index (χ0v) is 10.4. The quantitative estimate of drug-likeness (QED) is 0.857. The van der Waals surface area contributed by atoms with Gasteiger partial charge in [0.2, 0.25) is 5.91 Å². The van der Waals surface area contributed by atoms with E-state index in [1.165, 1.54) is 0 Å². The number of likely N-dealkylation sites (N-methyl/N-ethyl adjacent to an activating group) is 1. The first kappa shape index (κ1) is 12.0. The molecule has 4 heteroatoms. The van der Waals surface area contributed by atoms with E-state index >= 15 is 0 Å². The van der Waals surface area contributed by atoms with Crippen molar-refractivity contribution < 1.29 is 4.79 Å². The molecule has 0 aromatic carbocycles. The molecular weight excluding hydrogens is 214 g/mol. The molecule has 1 aromatic heterocycles. The molecule has 1 N–H and O–H groups in total. The zero-order valence-electron chi connectivity index (χ0n) is 10.4. The molecule has 1 aliphatic heterocycles. The molecule has 1 aliphatic rings. The highest BCUT2D eigenvalue weighted by molar-refractivity contribution is 5.82. The minimum Gasteiger partial charge on any atom is -0.338 e. The second kappa shape index (κ2) is 5.27. The van der Waals surface area contributed by atoms with E-state index in [0.717, 1.165) is 24.9 Å². The van der Waals surface area contributed by atoms with Gasteiger partial charge in [-0.3, -0.25) is 9.78 Å². The Labute approximate surface area is 102 Å². The van der Waals surface area contributed by atoms with E-state index in [1.807, 2.05) is 31.0 Å². The maximum atomic E-state index is 12.2. The first-order valence-electron chi connectivity index (χ1n) is 6.10.